The van der Waals surface area contributed by atoms with E-state index in [-0.39, 0.29) is 0 Å². The molecular formula is C21H25N5. The van der Waals surface area contributed by atoms with Crippen molar-refractivity contribution in [2.24, 2.45) is 0 Å². The van der Waals surface area contributed by atoms with Crippen LogP contribution in [0, 0.1) is 0 Å². The van der Waals surface area contributed by atoms with E-state index in [4.69, 9.17) is 0 Å². The Kier molecular flexibility index (Phi) is 4.19. The molecule has 134 valence electrons. The van der Waals surface area contributed by atoms with Gasteiger partial charge in [-0.15, -0.1) is 10.2 Å². The molecule has 2 aliphatic rings. The summed E-state index contributed by atoms with van der Waals surface area (Å²) in [6.07, 6.45) is 2.35. The van der Waals surface area contributed by atoms with E-state index >= 15 is 0 Å². The number of piperidine rings is 1. The predicted octanol–water partition coefficient (Wildman–Crippen LogP) is 2.91. The van der Waals surface area contributed by atoms with Crippen molar-refractivity contribution >= 4 is 10.8 Å². The molecule has 0 radical (unpaired) electrons. The lowest BCUT2D eigenvalue weighted by Crippen LogP contribution is -2.34. The van der Waals surface area contributed by atoms with Crippen LogP contribution < -0.4 is 5.32 Å². The van der Waals surface area contributed by atoms with E-state index in [0.29, 0.717) is 5.92 Å². The smallest absolute Gasteiger partial charge is 0.147 e. The van der Waals surface area contributed by atoms with Gasteiger partial charge in [0.1, 0.15) is 11.6 Å². The molecular weight excluding hydrogens is 322 g/mol. The molecule has 1 fully saturated rings. The van der Waals surface area contributed by atoms with Crippen molar-refractivity contribution in [3.63, 3.8) is 0 Å². The Labute approximate surface area is 154 Å². The van der Waals surface area contributed by atoms with Gasteiger partial charge in [0.25, 0.3) is 0 Å². The first-order valence-corrected chi connectivity index (χ1v) is 9.70. The van der Waals surface area contributed by atoms with Crippen LogP contribution in [0.1, 0.15) is 36.0 Å². The summed E-state index contributed by atoms with van der Waals surface area (Å²) in [7, 11) is 0. The van der Waals surface area contributed by atoms with Crippen molar-refractivity contribution in [1.29, 1.82) is 0 Å². The first kappa shape index (κ1) is 16.0. The van der Waals surface area contributed by atoms with Crippen LogP contribution >= 0.6 is 0 Å². The zero-order valence-corrected chi connectivity index (χ0v) is 15.1. The third-order valence-corrected chi connectivity index (χ3v) is 5.88. The largest absolute Gasteiger partial charge is 0.312 e. The quantitative estimate of drug-likeness (QED) is 0.791. The van der Waals surface area contributed by atoms with E-state index in [1.807, 2.05) is 0 Å². The number of fused-ring (bicyclic) bond motifs is 2. The van der Waals surface area contributed by atoms with E-state index in [1.165, 1.54) is 35.0 Å². The molecule has 3 aromatic rings. The molecule has 0 atom stereocenters. The SMILES string of the molecule is c1ccc2c(CN3CCC(c4nnc5n4CCNC5)CC3)cccc2c1. The van der Waals surface area contributed by atoms with Gasteiger partial charge in [-0.1, -0.05) is 42.5 Å². The van der Waals surface area contributed by atoms with Crippen LogP contribution in [0.15, 0.2) is 42.5 Å². The van der Waals surface area contributed by atoms with Crippen molar-refractivity contribution < 1.29 is 0 Å². The maximum absolute atomic E-state index is 4.53. The normalized spacial score (nSPS) is 18.9. The molecule has 0 amide bonds. The second-order valence-corrected chi connectivity index (χ2v) is 7.49. The van der Waals surface area contributed by atoms with Gasteiger partial charge >= 0.3 is 0 Å². The number of rotatable bonds is 3. The Balaban J connectivity index is 1.28. The molecule has 5 rings (SSSR count). The number of nitrogens with zero attached hydrogens (tertiary/aromatic N) is 4. The molecule has 0 bridgehead atoms. The van der Waals surface area contributed by atoms with Gasteiger partial charge in [0.05, 0.1) is 6.54 Å². The van der Waals surface area contributed by atoms with Crippen LogP contribution in [0.4, 0.5) is 0 Å². The van der Waals surface area contributed by atoms with E-state index in [9.17, 15) is 0 Å². The topological polar surface area (TPSA) is 46.0 Å². The summed E-state index contributed by atoms with van der Waals surface area (Å²) in [6, 6.07) is 15.4. The minimum atomic E-state index is 0.554. The number of nitrogens with one attached hydrogen (secondary N) is 1. The van der Waals surface area contributed by atoms with E-state index in [2.05, 4.69) is 67.4 Å². The molecule has 2 aliphatic heterocycles. The summed E-state index contributed by atoms with van der Waals surface area (Å²) < 4.78 is 2.35. The molecule has 26 heavy (non-hydrogen) atoms. The van der Waals surface area contributed by atoms with Gasteiger partial charge in [-0.3, -0.25) is 4.90 Å². The highest BCUT2D eigenvalue weighted by Crippen LogP contribution is 2.29. The Morgan fingerprint density at radius 3 is 2.73 bits per heavy atom. The summed E-state index contributed by atoms with van der Waals surface area (Å²) in [4.78, 5) is 2.59. The van der Waals surface area contributed by atoms with Crippen molar-refractivity contribution in [3.8, 4) is 0 Å². The van der Waals surface area contributed by atoms with Crippen molar-refractivity contribution in [2.45, 2.75) is 38.4 Å². The van der Waals surface area contributed by atoms with E-state index in [0.717, 1.165) is 45.1 Å². The molecule has 1 N–H and O–H groups in total. The third kappa shape index (κ3) is 2.91. The van der Waals surface area contributed by atoms with Crippen molar-refractivity contribution in [2.75, 3.05) is 19.6 Å². The molecule has 1 saturated heterocycles. The fourth-order valence-corrected chi connectivity index (χ4v) is 4.44. The summed E-state index contributed by atoms with van der Waals surface area (Å²) in [5.41, 5.74) is 1.44. The number of aromatic nitrogens is 3. The lowest BCUT2D eigenvalue weighted by atomic mass is 9.95. The Bertz CT molecular complexity index is 902. The van der Waals surface area contributed by atoms with E-state index < -0.39 is 0 Å². The van der Waals surface area contributed by atoms with Gasteiger partial charge in [0, 0.05) is 25.6 Å². The Morgan fingerprint density at radius 1 is 0.962 bits per heavy atom. The zero-order valence-electron chi connectivity index (χ0n) is 15.1. The van der Waals surface area contributed by atoms with Gasteiger partial charge in [0.2, 0.25) is 0 Å². The molecule has 0 saturated carbocycles. The Morgan fingerprint density at radius 2 is 1.81 bits per heavy atom. The van der Waals surface area contributed by atoms with Crippen LogP contribution in [0.25, 0.3) is 10.8 Å². The monoisotopic (exact) mass is 347 g/mol. The summed E-state index contributed by atoms with van der Waals surface area (Å²) >= 11 is 0. The van der Waals surface area contributed by atoms with Crippen LogP contribution in [-0.4, -0.2) is 39.3 Å². The minimum absolute atomic E-state index is 0.554. The fraction of sp³-hybridized carbons (Fsp3) is 0.429. The van der Waals surface area contributed by atoms with Crippen LogP contribution in [0.2, 0.25) is 0 Å². The first-order chi connectivity index (χ1) is 12.9. The molecule has 5 heteroatoms. The highest BCUT2D eigenvalue weighted by molar-refractivity contribution is 5.85. The highest BCUT2D eigenvalue weighted by Gasteiger charge is 2.27. The first-order valence-electron chi connectivity index (χ1n) is 9.70. The maximum atomic E-state index is 4.53. The predicted molar refractivity (Wildman–Crippen MR) is 103 cm³/mol. The molecule has 2 aromatic carbocycles. The lowest BCUT2D eigenvalue weighted by molar-refractivity contribution is 0.200. The van der Waals surface area contributed by atoms with Gasteiger partial charge in [-0.05, 0) is 42.3 Å². The van der Waals surface area contributed by atoms with Gasteiger partial charge in [0.15, 0.2) is 0 Å². The van der Waals surface area contributed by atoms with Gasteiger partial charge in [-0.25, -0.2) is 0 Å². The Hall–Kier alpha value is -2.24. The summed E-state index contributed by atoms with van der Waals surface area (Å²) in [5, 5.41) is 15.0. The molecule has 0 aliphatic carbocycles. The highest BCUT2D eigenvalue weighted by atomic mass is 15.3. The molecule has 5 nitrogen and oxygen atoms in total. The number of likely N-dealkylation sites (tertiary alicyclic amines) is 1. The molecule has 3 heterocycles. The second kappa shape index (κ2) is 6.82. The van der Waals surface area contributed by atoms with Gasteiger partial charge in [-0.2, -0.15) is 0 Å². The number of hydrogen-bond donors (Lipinski definition) is 1. The molecule has 0 unspecified atom stereocenters. The van der Waals surface area contributed by atoms with Crippen molar-refractivity contribution in [1.82, 2.24) is 25.0 Å². The standard InChI is InChI=1S/C21H25N5/c1-2-7-19-16(4-1)5-3-6-18(19)15-25-11-8-17(9-12-25)21-24-23-20-14-22-10-13-26(20)21/h1-7,17,22H,8-15H2. The molecule has 1 aromatic heterocycles. The lowest BCUT2D eigenvalue weighted by Gasteiger charge is -2.32. The van der Waals surface area contributed by atoms with Crippen molar-refractivity contribution in [3.05, 3.63) is 59.7 Å². The van der Waals surface area contributed by atoms with Crippen LogP contribution in [0.5, 0.6) is 0 Å². The fourth-order valence-electron chi connectivity index (χ4n) is 4.44. The van der Waals surface area contributed by atoms with Crippen LogP contribution in [-0.2, 0) is 19.6 Å². The van der Waals surface area contributed by atoms with E-state index in [1.54, 1.807) is 0 Å². The minimum Gasteiger partial charge on any atom is -0.312 e. The average Bonchev–Trinajstić information content (AvgIpc) is 3.13. The molecule has 0 spiro atoms. The summed E-state index contributed by atoms with van der Waals surface area (Å²) in [5.74, 6) is 2.87. The second-order valence-electron chi connectivity index (χ2n) is 7.49. The van der Waals surface area contributed by atoms with Crippen LogP contribution in [0.3, 0.4) is 0 Å². The summed E-state index contributed by atoms with van der Waals surface area (Å²) in [6.45, 7) is 6.19. The number of hydrogen-bond acceptors (Lipinski definition) is 4. The number of benzene rings is 2. The average molecular weight is 347 g/mol. The zero-order chi connectivity index (χ0) is 17.3. The third-order valence-electron chi connectivity index (χ3n) is 5.88. The maximum Gasteiger partial charge on any atom is 0.147 e. The van der Waals surface area contributed by atoms with Gasteiger partial charge < -0.3 is 9.88 Å².